The monoisotopic (exact) mass is 253 g/mol. The molecule has 2 nitrogen and oxygen atoms in total. The van der Waals surface area contributed by atoms with E-state index < -0.39 is 0 Å². The summed E-state index contributed by atoms with van der Waals surface area (Å²) in [4.78, 5) is 0. The summed E-state index contributed by atoms with van der Waals surface area (Å²) in [7, 11) is 1.80. The smallest absolute Gasteiger partial charge is 0.0966 e. The molecule has 1 aliphatic rings. The van der Waals surface area contributed by atoms with Gasteiger partial charge in [0.25, 0.3) is 0 Å². The van der Waals surface area contributed by atoms with Crippen molar-refractivity contribution in [1.29, 1.82) is 0 Å². The molecule has 1 heterocycles. The molecule has 2 heteroatoms. The lowest BCUT2D eigenvalue weighted by Crippen LogP contribution is -2.61. The maximum Gasteiger partial charge on any atom is 0.0966 e. The van der Waals surface area contributed by atoms with E-state index in [1.165, 1.54) is 16.7 Å². The Kier molecular flexibility index (Phi) is 3.36. The van der Waals surface area contributed by atoms with Crippen LogP contribution in [0.3, 0.4) is 0 Å². The van der Waals surface area contributed by atoms with Gasteiger partial charge in [0.15, 0.2) is 0 Å². The zero-order valence-corrected chi connectivity index (χ0v) is 11.2. The van der Waals surface area contributed by atoms with E-state index >= 15 is 0 Å². The Morgan fingerprint density at radius 3 is 2.11 bits per heavy atom. The zero-order valence-electron chi connectivity index (χ0n) is 11.2. The van der Waals surface area contributed by atoms with E-state index in [4.69, 9.17) is 4.74 Å². The van der Waals surface area contributed by atoms with E-state index in [1.807, 2.05) is 6.07 Å². The maximum absolute atomic E-state index is 5.63. The molecule has 98 valence electrons. The van der Waals surface area contributed by atoms with Gasteiger partial charge in [-0.05, 0) is 16.7 Å². The van der Waals surface area contributed by atoms with Crippen molar-refractivity contribution >= 4 is 0 Å². The minimum absolute atomic E-state index is 0.00820. The Morgan fingerprint density at radius 1 is 0.947 bits per heavy atom. The Labute approximate surface area is 114 Å². The van der Waals surface area contributed by atoms with Crippen LogP contribution in [0, 0.1) is 0 Å². The maximum atomic E-state index is 5.63. The average Bonchev–Trinajstić information content (AvgIpc) is 2.45. The number of rotatable bonds is 4. The Morgan fingerprint density at radius 2 is 1.58 bits per heavy atom. The fourth-order valence-corrected chi connectivity index (χ4v) is 2.56. The molecule has 0 amide bonds. The van der Waals surface area contributed by atoms with Crippen molar-refractivity contribution in [3.05, 3.63) is 60.2 Å². The van der Waals surface area contributed by atoms with E-state index in [9.17, 15) is 0 Å². The lowest BCUT2D eigenvalue weighted by Gasteiger charge is -2.41. The summed E-state index contributed by atoms with van der Waals surface area (Å²) in [6.45, 7) is 1.90. The normalized spacial score (nSPS) is 16.9. The van der Waals surface area contributed by atoms with Crippen LogP contribution in [0.5, 0.6) is 0 Å². The molecule has 1 N–H and O–H groups in total. The van der Waals surface area contributed by atoms with Crippen molar-refractivity contribution < 1.29 is 4.74 Å². The van der Waals surface area contributed by atoms with Gasteiger partial charge in [0.1, 0.15) is 0 Å². The number of methoxy groups -OCH3 is 1. The summed E-state index contributed by atoms with van der Waals surface area (Å²) in [5, 5.41) is 3.29. The third-order valence-electron chi connectivity index (χ3n) is 3.91. The third kappa shape index (κ3) is 2.55. The molecule has 0 radical (unpaired) electrons. The van der Waals surface area contributed by atoms with Gasteiger partial charge in [-0.1, -0.05) is 54.6 Å². The van der Waals surface area contributed by atoms with E-state index in [1.54, 1.807) is 7.11 Å². The quantitative estimate of drug-likeness (QED) is 0.904. The summed E-state index contributed by atoms with van der Waals surface area (Å²) < 4.78 is 5.63. The van der Waals surface area contributed by atoms with Crippen LogP contribution in [0.4, 0.5) is 0 Å². The lowest BCUT2D eigenvalue weighted by molar-refractivity contribution is -0.0502. The number of nitrogens with one attached hydrogen (secondary N) is 1. The van der Waals surface area contributed by atoms with Gasteiger partial charge in [-0.25, -0.2) is 0 Å². The van der Waals surface area contributed by atoms with E-state index in [2.05, 4.69) is 53.8 Å². The Bertz CT molecular complexity index is 523. The minimum Gasteiger partial charge on any atom is -0.375 e. The number of hydrogen-bond donors (Lipinski definition) is 1. The van der Waals surface area contributed by atoms with Crippen molar-refractivity contribution in [2.75, 3.05) is 20.2 Å². The van der Waals surface area contributed by atoms with Crippen LogP contribution in [0.1, 0.15) is 5.56 Å². The van der Waals surface area contributed by atoms with Crippen LogP contribution >= 0.6 is 0 Å². The predicted octanol–water partition coefficient (Wildman–Crippen LogP) is 2.88. The standard InChI is InChI=1S/C17H19NO/c1-19-17(12-18-13-17)11-14-7-9-16(10-8-14)15-5-3-2-4-6-15/h2-10,18H,11-13H2,1H3. The first kappa shape index (κ1) is 12.4. The first-order valence-corrected chi connectivity index (χ1v) is 6.72. The van der Waals surface area contributed by atoms with Gasteiger partial charge in [0.05, 0.1) is 5.60 Å². The topological polar surface area (TPSA) is 21.3 Å². The highest BCUT2D eigenvalue weighted by Crippen LogP contribution is 2.24. The van der Waals surface area contributed by atoms with Crippen molar-refractivity contribution in [1.82, 2.24) is 5.32 Å². The van der Waals surface area contributed by atoms with Gasteiger partial charge >= 0.3 is 0 Å². The number of hydrogen-bond acceptors (Lipinski definition) is 2. The van der Waals surface area contributed by atoms with Gasteiger partial charge in [0.2, 0.25) is 0 Å². The molecule has 1 saturated heterocycles. The Hall–Kier alpha value is -1.64. The van der Waals surface area contributed by atoms with Crippen molar-refractivity contribution in [2.24, 2.45) is 0 Å². The molecule has 1 fully saturated rings. The van der Waals surface area contributed by atoms with E-state index in [0.29, 0.717) is 0 Å². The SMILES string of the molecule is COC1(Cc2ccc(-c3ccccc3)cc2)CNC1. The van der Waals surface area contributed by atoms with Crippen LogP contribution in [0.2, 0.25) is 0 Å². The summed E-state index contributed by atoms with van der Waals surface area (Å²) in [5.74, 6) is 0. The first-order chi connectivity index (χ1) is 9.31. The molecule has 0 bridgehead atoms. The Balaban J connectivity index is 1.76. The van der Waals surface area contributed by atoms with E-state index in [0.717, 1.165) is 19.5 Å². The molecule has 2 aromatic carbocycles. The van der Waals surface area contributed by atoms with Gasteiger partial charge < -0.3 is 10.1 Å². The molecular weight excluding hydrogens is 234 g/mol. The van der Waals surface area contributed by atoms with Crippen molar-refractivity contribution in [2.45, 2.75) is 12.0 Å². The molecule has 1 aliphatic heterocycles. The first-order valence-electron chi connectivity index (χ1n) is 6.72. The summed E-state index contributed by atoms with van der Waals surface area (Å²) in [6, 6.07) is 19.3. The second-order valence-corrected chi connectivity index (χ2v) is 5.23. The molecule has 0 aliphatic carbocycles. The molecule has 0 unspecified atom stereocenters. The third-order valence-corrected chi connectivity index (χ3v) is 3.91. The molecule has 0 aromatic heterocycles. The summed E-state index contributed by atoms with van der Waals surface area (Å²) in [5.41, 5.74) is 3.88. The molecule has 2 aromatic rings. The largest absolute Gasteiger partial charge is 0.375 e. The molecule has 0 atom stereocenters. The van der Waals surface area contributed by atoms with E-state index in [-0.39, 0.29) is 5.60 Å². The molecular formula is C17H19NO. The number of benzene rings is 2. The van der Waals surface area contributed by atoms with Crippen molar-refractivity contribution in [3.63, 3.8) is 0 Å². The van der Waals surface area contributed by atoms with Gasteiger partial charge in [-0.3, -0.25) is 0 Å². The van der Waals surface area contributed by atoms with Gasteiger partial charge in [-0.2, -0.15) is 0 Å². The zero-order chi connectivity index (χ0) is 13.1. The molecule has 0 saturated carbocycles. The molecule has 0 spiro atoms. The number of ether oxygens (including phenoxy) is 1. The van der Waals surface area contributed by atoms with Crippen LogP contribution in [-0.2, 0) is 11.2 Å². The highest BCUT2D eigenvalue weighted by Gasteiger charge is 2.36. The van der Waals surface area contributed by atoms with Crippen LogP contribution < -0.4 is 5.32 Å². The molecule has 3 rings (SSSR count). The van der Waals surface area contributed by atoms with Crippen LogP contribution in [0.25, 0.3) is 11.1 Å². The predicted molar refractivity (Wildman–Crippen MR) is 78.2 cm³/mol. The summed E-state index contributed by atoms with van der Waals surface area (Å²) in [6.07, 6.45) is 0.978. The lowest BCUT2D eigenvalue weighted by atomic mass is 9.88. The molecule has 19 heavy (non-hydrogen) atoms. The van der Waals surface area contributed by atoms with Crippen LogP contribution in [-0.4, -0.2) is 25.8 Å². The summed E-state index contributed by atoms with van der Waals surface area (Å²) >= 11 is 0. The second kappa shape index (κ2) is 5.16. The second-order valence-electron chi connectivity index (χ2n) is 5.23. The highest BCUT2D eigenvalue weighted by molar-refractivity contribution is 5.63. The van der Waals surface area contributed by atoms with Crippen molar-refractivity contribution in [3.8, 4) is 11.1 Å². The highest BCUT2D eigenvalue weighted by atomic mass is 16.5. The fourth-order valence-electron chi connectivity index (χ4n) is 2.56. The van der Waals surface area contributed by atoms with Gasteiger partial charge in [-0.15, -0.1) is 0 Å². The average molecular weight is 253 g/mol. The fraction of sp³-hybridized carbons (Fsp3) is 0.294. The van der Waals surface area contributed by atoms with Crippen LogP contribution in [0.15, 0.2) is 54.6 Å². The van der Waals surface area contributed by atoms with Gasteiger partial charge in [0, 0.05) is 26.6 Å². The minimum atomic E-state index is 0.00820.